The predicted octanol–water partition coefficient (Wildman–Crippen LogP) is 6.15. The van der Waals surface area contributed by atoms with Crippen LogP contribution in [0.25, 0.3) is 9.75 Å². The van der Waals surface area contributed by atoms with Crippen molar-refractivity contribution in [2.75, 3.05) is 13.2 Å². The summed E-state index contributed by atoms with van der Waals surface area (Å²) < 4.78 is 11.9. The first-order valence-corrected chi connectivity index (χ1v) is 10.1. The van der Waals surface area contributed by atoms with Crippen molar-refractivity contribution in [2.45, 2.75) is 51.9 Å². The Morgan fingerprint density at radius 1 is 1.00 bits per heavy atom. The van der Waals surface area contributed by atoms with Crippen LogP contribution in [0.15, 0.2) is 16.8 Å². The van der Waals surface area contributed by atoms with Gasteiger partial charge < -0.3 is 9.47 Å². The molecule has 0 aromatic carbocycles. The van der Waals surface area contributed by atoms with Crippen LogP contribution in [0, 0.1) is 0 Å². The fraction of sp³-hybridized carbons (Fsp3) is 0.556. The van der Waals surface area contributed by atoms with Crippen molar-refractivity contribution < 1.29 is 9.47 Å². The summed E-state index contributed by atoms with van der Waals surface area (Å²) in [5, 5.41) is 4.32. The molecule has 0 N–H and O–H groups in total. The van der Waals surface area contributed by atoms with Crippen LogP contribution < -0.4 is 9.47 Å². The number of ether oxygens (including phenoxy) is 2. The van der Waals surface area contributed by atoms with Crippen LogP contribution in [0.1, 0.15) is 51.0 Å². The Labute approximate surface area is 141 Å². The van der Waals surface area contributed by atoms with Gasteiger partial charge >= 0.3 is 0 Å². The minimum absolute atomic E-state index is 0.803. The second-order valence-corrected chi connectivity index (χ2v) is 7.54. The van der Waals surface area contributed by atoms with Crippen molar-refractivity contribution in [3.8, 4) is 21.3 Å². The lowest BCUT2D eigenvalue weighted by Crippen LogP contribution is -2.07. The van der Waals surface area contributed by atoms with E-state index in [1.54, 1.807) is 11.3 Å². The third-order valence-electron chi connectivity index (χ3n) is 4.01. The molecule has 120 valence electrons. The summed E-state index contributed by atoms with van der Waals surface area (Å²) in [6.07, 6.45) is 8.56. The quantitative estimate of drug-likeness (QED) is 0.589. The SMILES string of the molecule is CCCCCCc1ccsc1-c1scc2c1OCCCCO2. The summed E-state index contributed by atoms with van der Waals surface area (Å²) in [7, 11) is 0. The van der Waals surface area contributed by atoms with Gasteiger partial charge in [0.25, 0.3) is 0 Å². The second-order valence-electron chi connectivity index (χ2n) is 5.75. The number of hydrogen-bond donors (Lipinski definition) is 0. The Kier molecular flexibility index (Phi) is 5.79. The number of unbranched alkanes of at least 4 members (excludes halogenated alkanes) is 3. The maximum Gasteiger partial charge on any atom is 0.180 e. The van der Waals surface area contributed by atoms with E-state index in [9.17, 15) is 0 Å². The third-order valence-corrected chi connectivity index (χ3v) is 6.07. The van der Waals surface area contributed by atoms with Gasteiger partial charge in [-0.2, -0.15) is 0 Å². The molecule has 0 fully saturated rings. The summed E-state index contributed by atoms with van der Waals surface area (Å²) in [6.45, 7) is 3.87. The molecular formula is C18H24O2S2. The highest BCUT2D eigenvalue weighted by molar-refractivity contribution is 7.21. The summed E-state index contributed by atoms with van der Waals surface area (Å²) >= 11 is 3.59. The van der Waals surface area contributed by atoms with E-state index in [0.717, 1.165) is 37.6 Å². The highest BCUT2D eigenvalue weighted by Gasteiger charge is 2.20. The van der Waals surface area contributed by atoms with Crippen LogP contribution in [-0.2, 0) is 6.42 Å². The van der Waals surface area contributed by atoms with Crippen LogP contribution in [0.3, 0.4) is 0 Å². The molecule has 3 heterocycles. The van der Waals surface area contributed by atoms with Gasteiger partial charge in [0.05, 0.1) is 23.0 Å². The van der Waals surface area contributed by atoms with Gasteiger partial charge in [-0.1, -0.05) is 26.2 Å². The topological polar surface area (TPSA) is 18.5 Å². The fourth-order valence-corrected chi connectivity index (χ4v) is 4.84. The molecule has 0 bridgehead atoms. The minimum atomic E-state index is 0.803. The van der Waals surface area contributed by atoms with Crippen LogP contribution in [0.5, 0.6) is 11.5 Å². The molecule has 1 aliphatic rings. The monoisotopic (exact) mass is 336 g/mol. The summed E-state index contributed by atoms with van der Waals surface area (Å²) in [5.41, 5.74) is 1.47. The van der Waals surface area contributed by atoms with Crippen molar-refractivity contribution in [1.29, 1.82) is 0 Å². The lowest BCUT2D eigenvalue weighted by atomic mass is 10.1. The van der Waals surface area contributed by atoms with E-state index in [0.29, 0.717) is 0 Å². The van der Waals surface area contributed by atoms with Crippen molar-refractivity contribution in [3.05, 3.63) is 22.4 Å². The molecular weight excluding hydrogens is 312 g/mol. The van der Waals surface area contributed by atoms with Gasteiger partial charge in [-0.25, -0.2) is 0 Å². The number of fused-ring (bicyclic) bond motifs is 1. The zero-order chi connectivity index (χ0) is 15.2. The first kappa shape index (κ1) is 15.9. The summed E-state index contributed by atoms with van der Waals surface area (Å²) in [5.74, 6) is 1.91. The Balaban J connectivity index is 1.78. The zero-order valence-electron chi connectivity index (χ0n) is 13.2. The predicted molar refractivity (Wildman–Crippen MR) is 95.7 cm³/mol. The van der Waals surface area contributed by atoms with Gasteiger partial charge in [-0.3, -0.25) is 0 Å². The van der Waals surface area contributed by atoms with Gasteiger partial charge in [-0.15, -0.1) is 22.7 Å². The zero-order valence-corrected chi connectivity index (χ0v) is 14.9. The maximum absolute atomic E-state index is 6.01. The number of thiophene rings is 2. The fourth-order valence-electron chi connectivity index (χ4n) is 2.76. The van der Waals surface area contributed by atoms with E-state index in [2.05, 4.69) is 23.8 Å². The second kappa shape index (κ2) is 8.02. The molecule has 3 rings (SSSR count). The third kappa shape index (κ3) is 3.66. The van der Waals surface area contributed by atoms with Gasteiger partial charge in [0.1, 0.15) is 0 Å². The van der Waals surface area contributed by atoms with Crippen molar-refractivity contribution in [3.63, 3.8) is 0 Å². The molecule has 0 atom stereocenters. The molecule has 0 radical (unpaired) electrons. The molecule has 0 amide bonds. The Bertz CT molecular complexity index is 586. The standard InChI is InChI=1S/C18H24O2S2/c1-2-3-4-5-8-14-9-12-21-17(14)18-16-15(13-22-18)19-10-6-7-11-20-16/h9,12-13H,2-8,10-11H2,1H3. The molecule has 22 heavy (non-hydrogen) atoms. The highest BCUT2D eigenvalue weighted by Crippen LogP contribution is 2.47. The van der Waals surface area contributed by atoms with E-state index < -0.39 is 0 Å². The molecule has 0 saturated heterocycles. The first-order valence-electron chi connectivity index (χ1n) is 8.34. The molecule has 2 aromatic heterocycles. The molecule has 0 aliphatic carbocycles. The molecule has 2 nitrogen and oxygen atoms in total. The van der Waals surface area contributed by atoms with E-state index in [-0.39, 0.29) is 0 Å². The number of rotatable bonds is 6. The first-order chi connectivity index (χ1) is 10.9. The Hall–Kier alpha value is -1.00. The van der Waals surface area contributed by atoms with Gasteiger partial charge in [0.2, 0.25) is 0 Å². The van der Waals surface area contributed by atoms with Crippen molar-refractivity contribution >= 4 is 22.7 Å². The minimum Gasteiger partial charge on any atom is -0.489 e. The van der Waals surface area contributed by atoms with Crippen LogP contribution in [-0.4, -0.2) is 13.2 Å². The summed E-state index contributed by atoms with van der Waals surface area (Å²) in [6, 6.07) is 2.28. The van der Waals surface area contributed by atoms with E-state index in [1.807, 2.05) is 11.3 Å². The van der Waals surface area contributed by atoms with Gasteiger partial charge in [0, 0.05) is 5.38 Å². The van der Waals surface area contributed by atoms with E-state index >= 15 is 0 Å². The largest absolute Gasteiger partial charge is 0.489 e. The van der Waals surface area contributed by atoms with Gasteiger partial charge in [-0.05, 0) is 42.7 Å². The van der Waals surface area contributed by atoms with E-state index in [4.69, 9.17) is 9.47 Å². The molecule has 2 aromatic rings. The Morgan fingerprint density at radius 2 is 1.86 bits per heavy atom. The molecule has 0 saturated carbocycles. The van der Waals surface area contributed by atoms with Crippen LogP contribution in [0.4, 0.5) is 0 Å². The normalized spacial score (nSPS) is 14.6. The Morgan fingerprint density at radius 3 is 2.73 bits per heavy atom. The lowest BCUT2D eigenvalue weighted by Gasteiger charge is -2.14. The van der Waals surface area contributed by atoms with Crippen molar-refractivity contribution in [2.24, 2.45) is 0 Å². The molecule has 1 aliphatic heterocycles. The van der Waals surface area contributed by atoms with Gasteiger partial charge in [0.15, 0.2) is 11.5 Å². The van der Waals surface area contributed by atoms with Crippen LogP contribution >= 0.6 is 22.7 Å². The average molecular weight is 337 g/mol. The average Bonchev–Trinajstić information content (AvgIpc) is 3.10. The number of aryl methyl sites for hydroxylation is 1. The van der Waals surface area contributed by atoms with Crippen molar-refractivity contribution in [1.82, 2.24) is 0 Å². The smallest absolute Gasteiger partial charge is 0.180 e. The molecule has 0 unspecified atom stereocenters. The van der Waals surface area contributed by atoms with Crippen LogP contribution in [0.2, 0.25) is 0 Å². The summed E-state index contributed by atoms with van der Waals surface area (Å²) in [4.78, 5) is 2.64. The number of hydrogen-bond acceptors (Lipinski definition) is 4. The van der Waals surface area contributed by atoms with E-state index in [1.165, 1.54) is 47.4 Å². The molecule has 4 heteroatoms. The maximum atomic E-state index is 6.01. The lowest BCUT2D eigenvalue weighted by molar-refractivity contribution is 0.226. The molecule has 0 spiro atoms. The highest BCUT2D eigenvalue weighted by atomic mass is 32.1.